The third-order valence-electron chi connectivity index (χ3n) is 8.31. The van der Waals surface area contributed by atoms with Crippen molar-refractivity contribution in [2.75, 3.05) is 30.5 Å². The average Bonchev–Trinajstić information content (AvgIpc) is 3.64. The van der Waals surface area contributed by atoms with Crippen molar-refractivity contribution in [3.05, 3.63) is 42.2 Å². The van der Waals surface area contributed by atoms with Gasteiger partial charge in [-0.15, -0.1) is 0 Å². The molecular weight excluding hydrogens is 454 g/mol. The summed E-state index contributed by atoms with van der Waals surface area (Å²) in [6.07, 6.45) is 8.23. The van der Waals surface area contributed by atoms with Crippen LogP contribution >= 0.6 is 0 Å². The van der Waals surface area contributed by atoms with Crippen LogP contribution in [0.2, 0.25) is 0 Å². The molecule has 0 unspecified atom stereocenters. The van der Waals surface area contributed by atoms with Gasteiger partial charge < -0.3 is 19.7 Å². The molecule has 8 nitrogen and oxygen atoms in total. The first-order valence-electron chi connectivity index (χ1n) is 13.2. The number of amides is 1. The Balaban J connectivity index is 1.20. The van der Waals surface area contributed by atoms with Crippen molar-refractivity contribution < 1.29 is 14.3 Å². The zero-order valence-electron chi connectivity index (χ0n) is 21.3. The van der Waals surface area contributed by atoms with Crippen LogP contribution < -0.4 is 15.0 Å². The predicted octanol–water partition coefficient (Wildman–Crippen LogP) is 5.06. The second-order valence-electron chi connectivity index (χ2n) is 10.9. The Morgan fingerprint density at radius 2 is 2.00 bits per heavy atom. The van der Waals surface area contributed by atoms with E-state index in [0.29, 0.717) is 29.2 Å². The zero-order chi connectivity index (χ0) is 24.8. The number of nitrogens with one attached hydrogen (secondary N) is 1. The van der Waals surface area contributed by atoms with Crippen molar-refractivity contribution >= 4 is 28.3 Å². The highest BCUT2D eigenvalue weighted by molar-refractivity contribution is 6.05. The van der Waals surface area contributed by atoms with Gasteiger partial charge in [0.1, 0.15) is 17.3 Å². The molecule has 3 aromatic rings. The van der Waals surface area contributed by atoms with Crippen LogP contribution in [0.5, 0.6) is 5.75 Å². The number of carbonyl (C=O) groups is 1. The Hall–Kier alpha value is -3.13. The number of rotatable bonds is 6. The minimum Gasteiger partial charge on any atom is -0.494 e. The molecule has 8 heteroatoms. The normalized spacial score (nSPS) is 25.6. The summed E-state index contributed by atoms with van der Waals surface area (Å²) in [5.74, 6) is 2.72. The predicted molar refractivity (Wildman–Crippen MR) is 140 cm³/mol. The molecule has 1 saturated carbocycles. The number of nitrogens with zero attached hydrogens (tertiary/aromatic N) is 4. The van der Waals surface area contributed by atoms with Gasteiger partial charge in [-0.1, -0.05) is 19.9 Å². The number of aromatic nitrogens is 3. The molecule has 6 rings (SSSR count). The molecular formula is C28H35N5O3. The maximum absolute atomic E-state index is 13.2. The largest absolute Gasteiger partial charge is 0.494 e. The van der Waals surface area contributed by atoms with E-state index in [0.717, 1.165) is 61.0 Å². The first kappa shape index (κ1) is 23.3. The standard InChI is InChI=1S/C28H35N5O3/c1-17(2)18-7-9-20(10-8-18)33-14-19-11-25(26(35-3)13-24(19)31-33)30-28(34)23-5-4-6-27(29-23)32-15-22-12-21(32)16-36-22/h4-6,11,13-14,17-18,20-22H,7-10,12,15-16H2,1-3H3,(H,30,34)/t18?,20?,21-,22-/m0/s1. The van der Waals surface area contributed by atoms with Crippen LogP contribution in [0.15, 0.2) is 36.5 Å². The van der Waals surface area contributed by atoms with Crippen LogP contribution in [-0.2, 0) is 4.74 Å². The number of carbonyl (C=O) groups excluding carboxylic acids is 1. The Labute approximate surface area is 212 Å². The van der Waals surface area contributed by atoms with E-state index in [1.807, 2.05) is 24.3 Å². The molecule has 4 heterocycles. The van der Waals surface area contributed by atoms with Crippen molar-refractivity contribution in [2.45, 2.75) is 64.1 Å². The number of benzene rings is 1. The number of methoxy groups -OCH3 is 1. The SMILES string of the molecule is COc1cc2nn(C3CCC(C(C)C)CC3)cc2cc1NC(=O)c1cccc(N2C[C@@H]3C[C@H]2CO3)n1. The first-order valence-corrected chi connectivity index (χ1v) is 13.2. The van der Waals surface area contributed by atoms with E-state index in [-0.39, 0.29) is 12.0 Å². The Morgan fingerprint density at radius 1 is 1.17 bits per heavy atom. The summed E-state index contributed by atoms with van der Waals surface area (Å²) in [4.78, 5) is 20.1. The Morgan fingerprint density at radius 3 is 2.69 bits per heavy atom. The second kappa shape index (κ2) is 9.39. The van der Waals surface area contributed by atoms with Gasteiger partial charge in [-0.05, 0) is 62.1 Å². The molecule has 190 valence electrons. The molecule has 2 aliphatic heterocycles. The second-order valence-corrected chi connectivity index (χ2v) is 10.9. The fourth-order valence-electron chi connectivity index (χ4n) is 6.13. The molecule has 36 heavy (non-hydrogen) atoms. The monoisotopic (exact) mass is 489 g/mol. The molecule has 3 fully saturated rings. The molecule has 1 amide bonds. The van der Waals surface area contributed by atoms with E-state index in [4.69, 9.17) is 14.6 Å². The molecule has 3 aliphatic rings. The summed E-state index contributed by atoms with van der Waals surface area (Å²) >= 11 is 0. The molecule has 1 N–H and O–H groups in total. The van der Waals surface area contributed by atoms with Gasteiger partial charge in [-0.25, -0.2) is 4.98 Å². The fraction of sp³-hybridized carbons (Fsp3) is 0.536. The summed E-state index contributed by atoms with van der Waals surface area (Å²) in [7, 11) is 1.62. The smallest absolute Gasteiger partial charge is 0.274 e. The van der Waals surface area contributed by atoms with Crippen LogP contribution in [0.3, 0.4) is 0 Å². The Kier molecular flexibility index (Phi) is 6.07. The molecule has 2 aromatic heterocycles. The number of morpholine rings is 1. The average molecular weight is 490 g/mol. The van der Waals surface area contributed by atoms with Crippen molar-refractivity contribution in [2.24, 2.45) is 11.8 Å². The van der Waals surface area contributed by atoms with E-state index < -0.39 is 0 Å². The minimum absolute atomic E-state index is 0.255. The van der Waals surface area contributed by atoms with Gasteiger partial charge in [0.15, 0.2) is 0 Å². The summed E-state index contributed by atoms with van der Waals surface area (Å²) in [5.41, 5.74) is 1.89. The number of hydrogen-bond donors (Lipinski definition) is 1. The van der Waals surface area contributed by atoms with E-state index in [2.05, 4.69) is 39.9 Å². The number of hydrogen-bond acceptors (Lipinski definition) is 6. The lowest BCUT2D eigenvalue weighted by Crippen LogP contribution is -2.37. The lowest BCUT2D eigenvalue weighted by Gasteiger charge is -2.30. The highest BCUT2D eigenvalue weighted by Gasteiger charge is 2.39. The summed E-state index contributed by atoms with van der Waals surface area (Å²) < 4.78 is 13.4. The third kappa shape index (κ3) is 4.32. The van der Waals surface area contributed by atoms with E-state index >= 15 is 0 Å². The maximum atomic E-state index is 13.2. The highest BCUT2D eigenvalue weighted by atomic mass is 16.5. The van der Waals surface area contributed by atoms with Gasteiger partial charge in [0.2, 0.25) is 0 Å². The summed E-state index contributed by atoms with van der Waals surface area (Å²) in [5, 5.41) is 8.88. The third-order valence-corrected chi connectivity index (χ3v) is 8.31. The quantitative estimate of drug-likeness (QED) is 0.521. The van der Waals surface area contributed by atoms with Crippen LogP contribution in [-0.4, -0.2) is 53.1 Å². The molecule has 0 spiro atoms. The van der Waals surface area contributed by atoms with Gasteiger partial charge in [0.25, 0.3) is 5.91 Å². The van der Waals surface area contributed by atoms with Crippen LogP contribution in [0.4, 0.5) is 11.5 Å². The number of ether oxygens (including phenoxy) is 2. The molecule has 2 saturated heterocycles. The van der Waals surface area contributed by atoms with Crippen LogP contribution in [0, 0.1) is 11.8 Å². The van der Waals surface area contributed by atoms with E-state index in [9.17, 15) is 4.79 Å². The Bertz CT molecular complexity index is 1260. The lowest BCUT2D eigenvalue weighted by atomic mass is 9.80. The van der Waals surface area contributed by atoms with Crippen LogP contribution in [0.25, 0.3) is 10.9 Å². The summed E-state index contributed by atoms with van der Waals surface area (Å²) in [6.45, 7) is 6.21. The lowest BCUT2D eigenvalue weighted by molar-refractivity contribution is 0.0988. The zero-order valence-corrected chi connectivity index (χ0v) is 21.3. The molecule has 1 aliphatic carbocycles. The van der Waals surface area contributed by atoms with Gasteiger partial charge >= 0.3 is 0 Å². The van der Waals surface area contributed by atoms with Gasteiger partial charge in [-0.3, -0.25) is 9.48 Å². The number of fused-ring (bicyclic) bond motifs is 3. The van der Waals surface area contributed by atoms with Crippen molar-refractivity contribution in [1.82, 2.24) is 14.8 Å². The molecule has 1 aromatic carbocycles. The fourth-order valence-corrected chi connectivity index (χ4v) is 6.13. The van der Waals surface area contributed by atoms with Crippen molar-refractivity contribution in [1.29, 1.82) is 0 Å². The number of anilines is 2. The van der Waals surface area contributed by atoms with Crippen molar-refractivity contribution in [3.8, 4) is 5.75 Å². The maximum Gasteiger partial charge on any atom is 0.274 e. The summed E-state index contributed by atoms with van der Waals surface area (Å²) in [6, 6.07) is 10.2. The molecule has 2 bridgehead atoms. The highest BCUT2D eigenvalue weighted by Crippen LogP contribution is 2.37. The van der Waals surface area contributed by atoms with E-state index in [1.54, 1.807) is 13.2 Å². The van der Waals surface area contributed by atoms with Gasteiger partial charge in [0.05, 0.1) is 43.1 Å². The van der Waals surface area contributed by atoms with E-state index in [1.165, 1.54) is 12.8 Å². The number of pyridine rings is 1. The topological polar surface area (TPSA) is 81.5 Å². The van der Waals surface area contributed by atoms with Crippen molar-refractivity contribution in [3.63, 3.8) is 0 Å². The molecule has 0 radical (unpaired) electrons. The van der Waals surface area contributed by atoms with Crippen LogP contribution in [0.1, 0.15) is 62.5 Å². The minimum atomic E-state index is -0.255. The van der Waals surface area contributed by atoms with Gasteiger partial charge in [-0.2, -0.15) is 5.10 Å². The van der Waals surface area contributed by atoms with Gasteiger partial charge in [0, 0.05) is 24.2 Å². The first-order chi connectivity index (χ1) is 17.5. The molecule has 2 atom stereocenters.